The smallest absolute Gasteiger partial charge is 0.408 e. The predicted octanol–water partition coefficient (Wildman–Crippen LogP) is 5.50. The van der Waals surface area contributed by atoms with Crippen LogP contribution < -0.4 is 10.6 Å². The maximum absolute atomic E-state index is 14.0. The fourth-order valence-corrected chi connectivity index (χ4v) is 4.11. The fraction of sp³-hybridized carbons (Fsp3) is 0.467. The summed E-state index contributed by atoms with van der Waals surface area (Å²) in [6.07, 6.45) is -0.746. The molecule has 0 saturated carbocycles. The molecule has 0 heterocycles. The number of ether oxygens (including phenoxy) is 1. The number of carbonyl (C=O) groups excluding carboxylic acids is 3. The Morgan fingerprint density at radius 1 is 0.974 bits per heavy atom. The van der Waals surface area contributed by atoms with E-state index < -0.39 is 35.6 Å². The summed E-state index contributed by atoms with van der Waals surface area (Å²) < 4.78 is 5.37. The highest BCUT2D eigenvalue weighted by atomic mass is 16.6. The normalized spacial score (nSPS) is 12.8. The first-order valence-corrected chi connectivity index (χ1v) is 12.8. The van der Waals surface area contributed by atoms with Gasteiger partial charge in [0.05, 0.1) is 6.07 Å². The number of rotatable bonds is 8. The van der Waals surface area contributed by atoms with Crippen molar-refractivity contribution in [3.05, 3.63) is 64.2 Å². The van der Waals surface area contributed by atoms with Gasteiger partial charge in [0.1, 0.15) is 24.2 Å². The first-order chi connectivity index (χ1) is 17.7. The lowest BCUT2D eigenvalue weighted by Crippen LogP contribution is -2.54. The number of anilines is 1. The third kappa shape index (κ3) is 7.82. The topological polar surface area (TPSA) is 112 Å². The minimum absolute atomic E-state index is 0.335. The zero-order valence-corrected chi connectivity index (χ0v) is 23.9. The standard InChI is InChI=1S/C30H40N4O4/c1-18(2)24(33-29(37)38-30(7,8)9)28(36)34(16-15-31)26(23-14-13-19(3)22(6)17-23)27(35)32-25-20(4)11-10-12-21(25)5/h10-14,17-18,24,26H,16H2,1-9H3,(H,32,35)(H,33,37). The Bertz CT molecular complexity index is 1200. The summed E-state index contributed by atoms with van der Waals surface area (Å²) in [6, 6.07) is 11.1. The van der Waals surface area contributed by atoms with Crippen LogP contribution in [0.1, 0.15) is 68.5 Å². The Balaban J connectivity index is 2.58. The van der Waals surface area contributed by atoms with Crippen LogP contribution in [-0.2, 0) is 14.3 Å². The molecule has 0 radical (unpaired) electrons. The van der Waals surface area contributed by atoms with Gasteiger partial charge in [0.25, 0.3) is 5.91 Å². The van der Waals surface area contributed by atoms with Gasteiger partial charge in [-0.1, -0.05) is 50.2 Å². The number of aryl methyl sites for hydroxylation is 4. The van der Waals surface area contributed by atoms with Crippen LogP contribution in [-0.4, -0.2) is 41.0 Å². The number of hydrogen-bond acceptors (Lipinski definition) is 5. The predicted molar refractivity (Wildman–Crippen MR) is 149 cm³/mol. The molecular formula is C30H40N4O4. The summed E-state index contributed by atoms with van der Waals surface area (Å²) >= 11 is 0. The third-order valence-corrected chi connectivity index (χ3v) is 6.27. The summed E-state index contributed by atoms with van der Waals surface area (Å²) in [5, 5.41) is 15.3. The van der Waals surface area contributed by atoms with Crippen LogP contribution in [0.4, 0.5) is 10.5 Å². The highest BCUT2D eigenvalue weighted by Crippen LogP contribution is 2.28. The van der Waals surface area contributed by atoms with Crippen LogP contribution in [0.15, 0.2) is 36.4 Å². The van der Waals surface area contributed by atoms with Crippen molar-refractivity contribution < 1.29 is 19.1 Å². The number of nitrogens with one attached hydrogen (secondary N) is 2. The van der Waals surface area contributed by atoms with Crippen LogP contribution in [0, 0.1) is 44.9 Å². The Kier molecular flexibility index (Phi) is 10.1. The van der Waals surface area contributed by atoms with Crippen molar-refractivity contribution >= 4 is 23.6 Å². The van der Waals surface area contributed by atoms with E-state index in [4.69, 9.17) is 4.74 Å². The molecule has 0 fully saturated rings. The Morgan fingerprint density at radius 3 is 2.08 bits per heavy atom. The second-order valence-corrected chi connectivity index (χ2v) is 11.0. The molecule has 8 nitrogen and oxygen atoms in total. The van der Waals surface area contributed by atoms with Gasteiger partial charge in [-0.2, -0.15) is 5.26 Å². The second-order valence-electron chi connectivity index (χ2n) is 11.0. The molecule has 3 amide bonds. The van der Waals surface area contributed by atoms with E-state index in [0.29, 0.717) is 11.3 Å². The van der Waals surface area contributed by atoms with Crippen molar-refractivity contribution in [3.8, 4) is 6.07 Å². The second kappa shape index (κ2) is 12.6. The Morgan fingerprint density at radius 2 is 1.58 bits per heavy atom. The molecule has 0 aliphatic rings. The van der Waals surface area contributed by atoms with Crippen molar-refractivity contribution in [1.82, 2.24) is 10.2 Å². The zero-order valence-electron chi connectivity index (χ0n) is 23.9. The molecule has 8 heteroatoms. The van der Waals surface area contributed by atoms with Crippen molar-refractivity contribution in [2.45, 2.75) is 80.0 Å². The average molecular weight is 521 g/mol. The Labute approximate surface area is 226 Å². The molecule has 0 saturated heterocycles. The molecule has 0 aliphatic heterocycles. The van der Waals surface area contributed by atoms with Gasteiger partial charge in [-0.25, -0.2) is 4.79 Å². The molecule has 0 bridgehead atoms. The van der Waals surface area contributed by atoms with Crippen LogP contribution in [0.5, 0.6) is 0 Å². The minimum atomic E-state index is -1.11. The van der Waals surface area contributed by atoms with Crippen molar-refractivity contribution in [2.75, 3.05) is 11.9 Å². The molecule has 204 valence electrons. The molecular weight excluding hydrogens is 480 g/mol. The first kappa shape index (κ1) is 30.4. The first-order valence-electron chi connectivity index (χ1n) is 12.8. The molecule has 38 heavy (non-hydrogen) atoms. The van der Waals surface area contributed by atoms with E-state index in [1.165, 1.54) is 4.90 Å². The summed E-state index contributed by atoms with van der Waals surface area (Å²) in [5.74, 6) is -1.33. The van der Waals surface area contributed by atoms with E-state index in [0.717, 1.165) is 22.3 Å². The van der Waals surface area contributed by atoms with E-state index in [1.807, 2.05) is 64.1 Å². The molecule has 0 spiro atoms. The lowest BCUT2D eigenvalue weighted by atomic mass is 9.96. The highest BCUT2D eigenvalue weighted by molar-refractivity contribution is 6.00. The van der Waals surface area contributed by atoms with Gasteiger partial charge in [-0.15, -0.1) is 0 Å². The number of nitrogens with zero attached hydrogens (tertiary/aromatic N) is 2. The van der Waals surface area contributed by atoms with Crippen LogP contribution >= 0.6 is 0 Å². The molecule has 0 aliphatic carbocycles. The SMILES string of the molecule is Cc1ccc(C(C(=O)Nc2c(C)cccc2C)N(CC#N)C(=O)C(NC(=O)OC(C)(C)C)C(C)C)cc1C. The van der Waals surface area contributed by atoms with E-state index in [1.54, 1.807) is 40.7 Å². The van der Waals surface area contributed by atoms with Crippen LogP contribution in [0.3, 0.4) is 0 Å². The highest BCUT2D eigenvalue weighted by Gasteiger charge is 2.38. The lowest BCUT2D eigenvalue weighted by molar-refractivity contribution is -0.140. The molecule has 2 aromatic rings. The van der Waals surface area contributed by atoms with Crippen molar-refractivity contribution in [3.63, 3.8) is 0 Å². The number of nitriles is 1. The molecule has 2 rings (SSSR count). The van der Waals surface area contributed by atoms with Gasteiger partial charge < -0.3 is 20.3 Å². The van der Waals surface area contributed by atoms with Gasteiger partial charge in [0, 0.05) is 5.69 Å². The number of para-hydroxylation sites is 1. The number of hydrogen-bond donors (Lipinski definition) is 2. The lowest BCUT2D eigenvalue weighted by Gasteiger charge is -2.34. The minimum Gasteiger partial charge on any atom is -0.444 e. The molecule has 2 N–H and O–H groups in total. The van der Waals surface area contributed by atoms with Crippen molar-refractivity contribution in [2.24, 2.45) is 5.92 Å². The number of alkyl carbamates (subject to hydrolysis) is 1. The van der Waals surface area contributed by atoms with E-state index in [2.05, 4.69) is 10.6 Å². The van der Waals surface area contributed by atoms with Crippen LogP contribution in [0.2, 0.25) is 0 Å². The maximum atomic E-state index is 14.0. The van der Waals surface area contributed by atoms with E-state index in [9.17, 15) is 19.6 Å². The third-order valence-electron chi connectivity index (χ3n) is 6.27. The summed E-state index contributed by atoms with van der Waals surface area (Å²) in [7, 11) is 0. The van der Waals surface area contributed by atoms with Gasteiger partial charge >= 0.3 is 6.09 Å². The number of amides is 3. The summed E-state index contributed by atoms with van der Waals surface area (Å²) in [6.45, 7) is 16.1. The van der Waals surface area contributed by atoms with E-state index in [-0.39, 0.29) is 12.5 Å². The summed E-state index contributed by atoms with van der Waals surface area (Å²) in [4.78, 5) is 41.7. The Hall–Kier alpha value is -3.86. The van der Waals surface area contributed by atoms with Crippen molar-refractivity contribution in [1.29, 1.82) is 5.26 Å². The van der Waals surface area contributed by atoms with E-state index >= 15 is 0 Å². The fourth-order valence-electron chi connectivity index (χ4n) is 4.11. The largest absolute Gasteiger partial charge is 0.444 e. The zero-order chi connectivity index (χ0) is 28.8. The summed E-state index contributed by atoms with van der Waals surface area (Å²) in [5.41, 5.74) is 4.21. The van der Waals surface area contributed by atoms with Gasteiger partial charge in [0.15, 0.2) is 0 Å². The van der Waals surface area contributed by atoms with Crippen LogP contribution in [0.25, 0.3) is 0 Å². The molecule has 2 unspecified atom stereocenters. The van der Waals surface area contributed by atoms with Gasteiger partial charge in [-0.3, -0.25) is 9.59 Å². The van der Waals surface area contributed by atoms with Gasteiger partial charge in [-0.05, 0) is 82.2 Å². The molecule has 2 atom stereocenters. The van der Waals surface area contributed by atoms with Gasteiger partial charge in [0.2, 0.25) is 5.91 Å². The molecule has 2 aromatic carbocycles. The number of benzene rings is 2. The monoisotopic (exact) mass is 520 g/mol. The molecule has 0 aromatic heterocycles. The maximum Gasteiger partial charge on any atom is 0.408 e. The quantitative estimate of drug-likeness (QED) is 0.446. The average Bonchev–Trinajstić information content (AvgIpc) is 2.80. The number of carbonyl (C=O) groups is 3.